The highest BCUT2D eigenvalue weighted by molar-refractivity contribution is 6.35. The topological polar surface area (TPSA) is 79.8 Å². The summed E-state index contributed by atoms with van der Waals surface area (Å²) in [6.07, 6.45) is 1.17. The Hall–Kier alpha value is -3.09. The van der Waals surface area contributed by atoms with Crippen molar-refractivity contribution < 1.29 is 14.3 Å². The monoisotopic (exact) mass is 499 g/mol. The zero-order valence-electron chi connectivity index (χ0n) is 19.2. The first-order chi connectivity index (χ1) is 16.2. The van der Waals surface area contributed by atoms with Gasteiger partial charge in [0.2, 0.25) is 0 Å². The third kappa shape index (κ3) is 6.95. The fourth-order valence-electron chi connectivity index (χ4n) is 3.41. The molecule has 2 amide bonds. The maximum Gasteiger partial charge on any atom is 0.262 e. The Morgan fingerprint density at radius 3 is 2.47 bits per heavy atom. The first-order valence-corrected chi connectivity index (χ1v) is 11.7. The van der Waals surface area contributed by atoms with E-state index in [9.17, 15) is 9.59 Å². The molecule has 0 heterocycles. The zero-order valence-corrected chi connectivity index (χ0v) is 20.7. The maximum absolute atomic E-state index is 12.8. The highest BCUT2D eigenvalue weighted by Crippen LogP contribution is 2.28. The number of nitrogens with one attached hydrogen (secondary N) is 2. The van der Waals surface area contributed by atoms with Crippen molar-refractivity contribution in [3.05, 3.63) is 76.3 Å². The molecule has 3 rings (SSSR count). The van der Waals surface area contributed by atoms with Crippen molar-refractivity contribution in [2.24, 2.45) is 11.0 Å². The number of fused-ring (bicyclic) bond motifs is 1. The SMILES string of the molecule is CC(C)C[C@H](NC(=O)[C@H](C)Oc1ccc(Cl)cc1Cl)C(=O)N/N=C\c1cccc2ccccc12. The lowest BCUT2D eigenvalue weighted by Crippen LogP contribution is -2.49. The maximum atomic E-state index is 12.8. The van der Waals surface area contributed by atoms with Crippen LogP contribution in [0.25, 0.3) is 10.8 Å². The van der Waals surface area contributed by atoms with E-state index in [4.69, 9.17) is 27.9 Å². The Morgan fingerprint density at radius 2 is 1.74 bits per heavy atom. The third-order valence-corrected chi connectivity index (χ3v) is 5.64. The number of hydrazone groups is 1. The summed E-state index contributed by atoms with van der Waals surface area (Å²) in [5.74, 6) is -0.349. The third-order valence-electron chi connectivity index (χ3n) is 5.11. The molecule has 178 valence electrons. The molecule has 0 unspecified atom stereocenters. The van der Waals surface area contributed by atoms with Crippen LogP contribution in [-0.2, 0) is 9.59 Å². The van der Waals surface area contributed by atoms with E-state index in [0.717, 1.165) is 16.3 Å². The second-order valence-corrected chi connectivity index (χ2v) is 9.17. The Bertz CT molecular complexity index is 1190. The largest absolute Gasteiger partial charge is 0.479 e. The van der Waals surface area contributed by atoms with E-state index < -0.39 is 24.0 Å². The van der Waals surface area contributed by atoms with Gasteiger partial charge in [0.05, 0.1) is 11.2 Å². The van der Waals surface area contributed by atoms with Gasteiger partial charge < -0.3 is 10.1 Å². The van der Waals surface area contributed by atoms with Crippen LogP contribution in [0.3, 0.4) is 0 Å². The van der Waals surface area contributed by atoms with Crippen molar-refractivity contribution in [1.29, 1.82) is 0 Å². The zero-order chi connectivity index (χ0) is 24.7. The number of amides is 2. The van der Waals surface area contributed by atoms with Crippen LogP contribution in [0.1, 0.15) is 32.8 Å². The summed E-state index contributed by atoms with van der Waals surface area (Å²) < 4.78 is 5.66. The molecule has 0 saturated heterocycles. The average molecular weight is 500 g/mol. The lowest BCUT2D eigenvalue weighted by atomic mass is 10.0. The van der Waals surface area contributed by atoms with Crippen LogP contribution in [0.4, 0.5) is 0 Å². The smallest absolute Gasteiger partial charge is 0.262 e. The van der Waals surface area contributed by atoms with Crippen molar-refractivity contribution >= 4 is 52.0 Å². The Balaban J connectivity index is 1.65. The minimum Gasteiger partial charge on any atom is -0.479 e. The minimum atomic E-state index is -0.875. The number of benzene rings is 3. The second-order valence-electron chi connectivity index (χ2n) is 8.33. The Morgan fingerprint density at radius 1 is 1.00 bits per heavy atom. The summed E-state index contributed by atoms with van der Waals surface area (Å²) in [7, 11) is 0. The van der Waals surface area contributed by atoms with Gasteiger partial charge in [-0.1, -0.05) is 79.5 Å². The number of rotatable bonds is 9. The van der Waals surface area contributed by atoms with E-state index in [1.54, 1.807) is 25.3 Å². The van der Waals surface area contributed by atoms with E-state index in [-0.39, 0.29) is 5.92 Å². The quantitative estimate of drug-likeness (QED) is 0.297. The molecule has 0 aliphatic heterocycles. The van der Waals surface area contributed by atoms with Gasteiger partial charge >= 0.3 is 0 Å². The number of halogens is 2. The fraction of sp³-hybridized carbons (Fsp3) is 0.269. The minimum absolute atomic E-state index is 0.167. The molecule has 0 spiro atoms. The molecule has 3 aromatic carbocycles. The molecular formula is C26H27Cl2N3O3. The molecule has 2 N–H and O–H groups in total. The molecule has 0 fully saturated rings. The molecule has 2 atom stereocenters. The average Bonchev–Trinajstić information content (AvgIpc) is 2.80. The number of carbonyl (C=O) groups excluding carboxylic acids is 2. The van der Waals surface area contributed by atoms with Crippen LogP contribution >= 0.6 is 23.2 Å². The van der Waals surface area contributed by atoms with Crippen LogP contribution in [0, 0.1) is 5.92 Å². The van der Waals surface area contributed by atoms with E-state index in [1.807, 2.05) is 56.3 Å². The summed E-state index contributed by atoms with van der Waals surface area (Å²) >= 11 is 12.0. The van der Waals surface area contributed by atoms with Gasteiger partial charge in [0, 0.05) is 10.6 Å². The molecule has 0 aliphatic rings. The predicted octanol–water partition coefficient (Wildman–Crippen LogP) is 5.60. The van der Waals surface area contributed by atoms with Gasteiger partial charge in [-0.25, -0.2) is 5.43 Å². The summed E-state index contributed by atoms with van der Waals surface area (Å²) in [6.45, 7) is 5.53. The number of hydrogen-bond donors (Lipinski definition) is 2. The van der Waals surface area contributed by atoms with Crippen LogP contribution in [0.5, 0.6) is 5.75 Å². The predicted molar refractivity (Wildman–Crippen MR) is 138 cm³/mol. The van der Waals surface area contributed by atoms with Crippen LogP contribution in [0.2, 0.25) is 10.0 Å². The molecule has 0 aliphatic carbocycles. The molecule has 0 bridgehead atoms. The summed E-state index contributed by atoms with van der Waals surface area (Å²) in [6, 6.07) is 17.8. The number of carbonyl (C=O) groups is 2. The summed E-state index contributed by atoms with van der Waals surface area (Å²) in [4.78, 5) is 25.6. The number of hydrogen-bond acceptors (Lipinski definition) is 4. The van der Waals surface area contributed by atoms with Crippen LogP contribution in [-0.4, -0.2) is 30.2 Å². The molecule has 0 aromatic heterocycles. The van der Waals surface area contributed by atoms with Gasteiger partial charge in [-0.15, -0.1) is 0 Å². The Kier molecular flexibility index (Phi) is 8.91. The molecule has 8 heteroatoms. The van der Waals surface area contributed by atoms with Crippen molar-refractivity contribution in [3.63, 3.8) is 0 Å². The molecule has 34 heavy (non-hydrogen) atoms. The van der Waals surface area contributed by atoms with Crippen molar-refractivity contribution in [1.82, 2.24) is 10.7 Å². The van der Waals surface area contributed by atoms with E-state index in [2.05, 4.69) is 15.8 Å². The van der Waals surface area contributed by atoms with Crippen molar-refractivity contribution in [3.8, 4) is 5.75 Å². The number of ether oxygens (including phenoxy) is 1. The molecule has 0 saturated carbocycles. The van der Waals surface area contributed by atoms with Gasteiger partial charge in [0.25, 0.3) is 11.8 Å². The van der Waals surface area contributed by atoms with E-state index >= 15 is 0 Å². The molecule has 3 aromatic rings. The van der Waals surface area contributed by atoms with Gasteiger partial charge in [-0.3, -0.25) is 9.59 Å². The molecule has 0 radical (unpaired) electrons. The first kappa shape index (κ1) is 25.5. The fourth-order valence-corrected chi connectivity index (χ4v) is 3.87. The number of nitrogens with zero attached hydrogens (tertiary/aromatic N) is 1. The highest BCUT2D eigenvalue weighted by atomic mass is 35.5. The molecule has 6 nitrogen and oxygen atoms in total. The van der Waals surface area contributed by atoms with Gasteiger partial charge in [0.1, 0.15) is 11.8 Å². The first-order valence-electron chi connectivity index (χ1n) is 11.0. The highest BCUT2D eigenvalue weighted by Gasteiger charge is 2.25. The van der Waals surface area contributed by atoms with E-state index in [0.29, 0.717) is 22.2 Å². The summed E-state index contributed by atoms with van der Waals surface area (Å²) in [5.41, 5.74) is 3.43. The van der Waals surface area contributed by atoms with Crippen LogP contribution < -0.4 is 15.5 Å². The standard InChI is InChI=1S/C26H27Cl2N3O3/c1-16(2)13-23(30-25(32)17(3)34-24-12-11-20(27)14-22(24)28)26(33)31-29-15-19-9-6-8-18-7-4-5-10-21(18)19/h4-12,14-17,23H,13H2,1-3H3,(H,30,32)(H,31,33)/b29-15-/t17-,23-/m0/s1. The van der Waals surface area contributed by atoms with E-state index in [1.165, 1.54) is 6.07 Å². The second kappa shape index (κ2) is 11.9. The summed E-state index contributed by atoms with van der Waals surface area (Å²) in [5, 5.41) is 9.75. The lowest BCUT2D eigenvalue weighted by molar-refractivity contribution is -0.132. The van der Waals surface area contributed by atoms with Crippen molar-refractivity contribution in [2.75, 3.05) is 0 Å². The van der Waals surface area contributed by atoms with Gasteiger partial charge in [-0.05, 0) is 48.2 Å². The Labute approximate surface area is 209 Å². The van der Waals surface area contributed by atoms with Crippen molar-refractivity contribution in [2.45, 2.75) is 39.3 Å². The van der Waals surface area contributed by atoms with Gasteiger partial charge in [-0.2, -0.15) is 5.10 Å². The lowest BCUT2D eigenvalue weighted by Gasteiger charge is -2.22. The molecular weight excluding hydrogens is 473 g/mol. The van der Waals surface area contributed by atoms with Gasteiger partial charge in [0.15, 0.2) is 6.10 Å². The van der Waals surface area contributed by atoms with Crippen LogP contribution in [0.15, 0.2) is 65.8 Å². The normalized spacial score (nSPS) is 13.1.